The second-order valence-electron chi connectivity index (χ2n) is 7.05. The number of fused-ring (bicyclic) bond motifs is 1. The van der Waals surface area contributed by atoms with Crippen LogP contribution in [0.3, 0.4) is 0 Å². The number of aliphatic carboxylic acids is 1. The molecule has 2 rings (SSSR count). The van der Waals surface area contributed by atoms with Gasteiger partial charge in [0.1, 0.15) is 0 Å². The van der Waals surface area contributed by atoms with Crippen molar-refractivity contribution < 1.29 is 47.2 Å². The number of hydrogen-bond acceptors (Lipinski definition) is 7. The Balaban J connectivity index is 0.000000562. The molecular formula is C21H26HgN4O4S. The van der Waals surface area contributed by atoms with Gasteiger partial charge in [0, 0.05) is 6.21 Å². The normalized spacial score (nSPS) is 13.8. The molecule has 1 atom stereocenters. The molecule has 2 amide bonds. The number of carbonyl (C=O) groups excluding carboxylic acids is 3. The Morgan fingerprint density at radius 2 is 1.77 bits per heavy atom. The Bertz CT molecular complexity index is 828. The number of carbonyl (C=O) groups is 3. The monoisotopic (exact) mass is 632 g/mol. The van der Waals surface area contributed by atoms with E-state index in [9.17, 15) is 19.5 Å². The van der Waals surface area contributed by atoms with Crippen LogP contribution in [0.2, 0.25) is 0 Å². The fraction of sp³-hybridized carbons (Fsp3) is 0.381. The van der Waals surface area contributed by atoms with Crippen LogP contribution < -0.4 is 10.8 Å². The van der Waals surface area contributed by atoms with E-state index in [0.717, 1.165) is 12.8 Å². The number of amides is 2. The van der Waals surface area contributed by atoms with Gasteiger partial charge in [-0.2, -0.15) is 10.2 Å². The number of allylic oxidation sites excluding steroid dienone is 2. The zero-order valence-corrected chi connectivity index (χ0v) is 24.4. The molecule has 1 aromatic rings. The summed E-state index contributed by atoms with van der Waals surface area (Å²) in [6, 6.07) is 6.22. The van der Waals surface area contributed by atoms with Gasteiger partial charge in [-0.05, 0) is 56.3 Å². The number of hydrogen-bond donors (Lipinski definition) is 1. The van der Waals surface area contributed by atoms with Crippen LogP contribution >= 0.6 is 0 Å². The third-order valence-corrected chi connectivity index (χ3v) is 4.20. The van der Waals surface area contributed by atoms with Gasteiger partial charge in [0.25, 0.3) is 11.8 Å². The number of imide groups is 1. The van der Waals surface area contributed by atoms with Crippen molar-refractivity contribution in [3.05, 3.63) is 47.0 Å². The molecule has 2 N–H and O–H groups in total. The van der Waals surface area contributed by atoms with Crippen molar-refractivity contribution in [3.63, 3.8) is 0 Å². The first-order valence-electron chi connectivity index (χ1n) is 9.43. The molecule has 1 aromatic carbocycles. The van der Waals surface area contributed by atoms with Crippen LogP contribution in [0.1, 0.15) is 60.7 Å². The summed E-state index contributed by atoms with van der Waals surface area (Å²) >= 11 is 4.56. The van der Waals surface area contributed by atoms with Crippen molar-refractivity contribution in [1.29, 1.82) is 0 Å². The molecule has 0 fully saturated rings. The number of nitrogens with two attached hydrogens (primary N) is 1. The van der Waals surface area contributed by atoms with Gasteiger partial charge in [-0.15, -0.1) is 0 Å². The molecule has 0 radical (unpaired) electrons. The van der Waals surface area contributed by atoms with Gasteiger partial charge in [0.15, 0.2) is 0 Å². The van der Waals surface area contributed by atoms with Crippen molar-refractivity contribution in [3.8, 4) is 0 Å². The average Bonchev–Trinajstić information content (AvgIpc) is 2.90. The summed E-state index contributed by atoms with van der Waals surface area (Å²) in [5, 5.41) is 17.8. The molecule has 1 aliphatic heterocycles. The summed E-state index contributed by atoms with van der Waals surface area (Å²) in [5.74, 6) is -2.00. The molecule has 0 aromatic heterocycles. The van der Waals surface area contributed by atoms with Gasteiger partial charge in [0.05, 0.1) is 23.6 Å². The zero-order valence-electron chi connectivity index (χ0n) is 18.0. The van der Waals surface area contributed by atoms with E-state index in [1.165, 1.54) is 24.1 Å². The van der Waals surface area contributed by atoms with Gasteiger partial charge in [-0.3, -0.25) is 14.5 Å². The Labute approximate surface area is 208 Å². The van der Waals surface area contributed by atoms with E-state index in [4.69, 9.17) is 5.73 Å². The predicted octanol–water partition coefficient (Wildman–Crippen LogP) is 1.64. The second-order valence-corrected chi connectivity index (χ2v) is 7.47. The van der Waals surface area contributed by atoms with E-state index < -0.39 is 24.3 Å². The van der Waals surface area contributed by atoms with Crippen molar-refractivity contribution in [2.24, 2.45) is 21.9 Å². The van der Waals surface area contributed by atoms with Gasteiger partial charge < -0.3 is 28.3 Å². The molecule has 10 heteroatoms. The quantitative estimate of drug-likeness (QED) is 0.0885. The van der Waals surface area contributed by atoms with Crippen LogP contribution in [-0.4, -0.2) is 40.6 Å². The molecule has 1 heterocycles. The van der Waals surface area contributed by atoms with Crippen LogP contribution in [0.15, 0.2) is 46.1 Å². The molecule has 0 aliphatic carbocycles. The smallest absolute Gasteiger partial charge is 0.741 e. The van der Waals surface area contributed by atoms with E-state index in [2.05, 4.69) is 49.7 Å². The number of nitrogens with zero attached hydrogens (tertiary/aromatic N) is 3. The fourth-order valence-electron chi connectivity index (χ4n) is 2.61. The zero-order chi connectivity index (χ0) is 22.7. The third kappa shape index (κ3) is 10.6. The molecule has 0 saturated heterocycles. The molecular weight excluding hydrogens is 605 g/mol. The fourth-order valence-corrected chi connectivity index (χ4v) is 2.66. The summed E-state index contributed by atoms with van der Waals surface area (Å²) in [7, 11) is 0. The number of carboxylic acid groups (broad SMARTS) is 1. The van der Waals surface area contributed by atoms with E-state index in [1.54, 1.807) is 18.3 Å². The maximum Gasteiger partial charge on any atom is 2.00 e. The molecule has 0 bridgehead atoms. The van der Waals surface area contributed by atoms with Crippen molar-refractivity contribution in [1.82, 2.24) is 4.90 Å². The second kappa shape index (κ2) is 14.8. The first-order valence-corrected chi connectivity index (χ1v) is 9.84. The molecule has 0 saturated carbocycles. The Morgan fingerprint density at radius 1 is 1.23 bits per heavy atom. The van der Waals surface area contributed by atoms with Gasteiger partial charge in [0.2, 0.25) is 0 Å². The minimum Gasteiger partial charge on any atom is -0.741 e. The molecule has 1 aliphatic rings. The molecule has 1 unspecified atom stereocenters. The van der Waals surface area contributed by atoms with Crippen LogP contribution in [-0.2, 0) is 45.1 Å². The van der Waals surface area contributed by atoms with Gasteiger partial charge in [-0.1, -0.05) is 30.7 Å². The third-order valence-electron chi connectivity index (χ3n) is 4.12. The van der Waals surface area contributed by atoms with Gasteiger partial charge in [-0.25, -0.2) is 0 Å². The summed E-state index contributed by atoms with van der Waals surface area (Å²) in [5.41, 5.74) is 7.02. The minimum atomic E-state index is -1.45. The van der Waals surface area contributed by atoms with Crippen molar-refractivity contribution >= 4 is 41.8 Å². The largest absolute Gasteiger partial charge is 2.00 e. The number of amidine groups is 1. The average molecular weight is 631 g/mol. The predicted molar refractivity (Wildman–Crippen MR) is 117 cm³/mol. The van der Waals surface area contributed by atoms with Crippen LogP contribution in [0.5, 0.6) is 0 Å². The maximum atomic E-state index is 11.6. The van der Waals surface area contributed by atoms with Crippen LogP contribution in [0.4, 0.5) is 0 Å². The van der Waals surface area contributed by atoms with Crippen molar-refractivity contribution in [2.75, 3.05) is 6.54 Å². The number of benzene rings is 1. The van der Waals surface area contributed by atoms with Crippen LogP contribution in [0, 0.1) is 5.92 Å². The summed E-state index contributed by atoms with van der Waals surface area (Å²) in [6.45, 7) is 5.73. The first-order chi connectivity index (χ1) is 14.1. The summed E-state index contributed by atoms with van der Waals surface area (Å²) < 4.78 is 0. The molecule has 0 spiro atoms. The van der Waals surface area contributed by atoms with Crippen LogP contribution in [0.25, 0.3) is 0 Å². The molecule has 8 nitrogen and oxygen atoms in total. The van der Waals surface area contributed by atoms with E-state index in [0.29, 0.717) is 10.8 Å². The minimum absolute atomic E-state index is 0. The number of rotatable bonds is 8. The standard InChI is InChI=1S/C11H21N3S.C10H7NO4.Hg/c1-9(2)5-4-6-10(3)7-8-13-14-11(12)15;12-8(13)5-11-9(14)6-3-1-2-4-7(6)10(11)15;/h5,8,10H,4,6-7H2,1-3H3,(H3,12,14,15);1-4H,5H2,(H,12,13);/q;;+2/p-2/b13-8+;;. The SMILES string of the molecule is CC(C)=CCCC(C)C/C=N/N=C(/N)[S-].O=C([O-])CN1C(=O)c2ccccc2C1=O.[Hg+2]. The Morgan fingerprint density at radius 3 is 2.23 bits per heavy atom. The van der Waals surface area contributed by atoms with E-state index in [-0.39, 0.29) is 44.0 Å². The van der Waals surface area contributed by atoms with Gasteiger partial charge >= 0.3 is 27.7 Å². The van der Waals surface area contributed by atoms with Crippen molar-refractivity contribution in [2.45, 2.75) is 40.0 Å². The first kappa shape index (κ1) is 28.9. The maximum absolute atomic E-state index is 11.6. The molecule has 31 heavy (non-hydrogen) atoms. The summed E-state index contributed by atoms with van der Waals surface area (Å²) in [6.07, 6.45) is 7.25. The van der Waals surface area contributed by atoms with E-state index >= 15 is 0 Å². The molecule has 162 valence electrons. The van der Waals surface area contributed by atoms with E-state index in [1.807, 2.05) is 0 Å². The number of carboxylic acids is 1. The Hall–Kier alpha value is -2.13. The summed E-state index contributed by atoms with van der Waals surface area (Å²) in [4.78, 5) is 34.1. The Kier molecular flexibility index (Phi) is 13.8. The topological polar surface area (TPSA) is 128 Å².